The normalized spacial score (nSPS) is 10.6. The third-order valence-electron chi connectivity index (χ3n) is 3.33. The van der Waals surface area contributed by atoms with Gasteiger partial charge < -0.3 is 15.2 Å². The van der Waals surface area contributed by atoms with Crippen molar-refractivity contribution in [3.63, 3.8) is 0 Å². The third-order valence-corrected chi connectivity index (χ3v) is 4.74. The fourth-order valence-electron chi connectivity index (χ4n) is 2.07. The van der Waals surface area contributed by atoms with E-state index >= 15 is 0 Å². The maximum Gasteiger partial charge on any atom is 0.267 e. The van der Waals surface area contributed by atoms with Crippen LogP contribution in [0.15, 0.2) is 18.2 Å². The highest BCUT2D eigenvalue weighted by atomic mass is 35.5. The first-order valence-corrected chi connectivity index (χ1v) is 8.57. The molecule has 0 aliphatic heterocycles. The summed E-state index contributed by atoms with van der Waals surface area (Å²) in [5, 5.41) is 13.2. The Hall–Kier alpha value is -2.16. The summed E-state index contributed by atoms with van der Waals surface area (Å²) in [7, 11) is 1.54. The molecule has 1 aromatic carbocycles. The van der Waals surface area contributed by atoms with Crippen LogP contribution in [0, 0.1) is 6.92 Å². The number of nitrogens with zero attached hydrogens (tertiary/aromatic N) is 2. The Kier molecular flexibility index (Phi) is 6.35. The smallest absolute Gasteiger partial charge is 0.267 e. The first kappa shape index (κ1) is 19.2. The largest absolute Gasteiger partial charge is 0.506 e. The summed E-state index contributed by atoms with van der Waals surface area (Å²) in [6.45, 7) is 3.81. The molecule has 2 N–H and O–H groups in total. The number of phenolic OH excluding ortho intramolecular Hbond substituents is 1. The van der Waals surface area contributed by atoms with Gasteiger partial charge in [0.15, 0.2) is 5.13 Å². The predicted molar refractivity (Wildman–Crippen MR) is 97.8 cm³/mol. The fraction of sp³-hybridized carbons (Fsp3) is 0.312. The lowest BCUT2D eigenvalue weighted by Crippen LogP contribution is -2.31. The van der Waals surface area contributed by atoms with Crippen molar-refractivity contribution in [2.45, 2.75) is 13.8 Å². The molecule has 0 fully saturated rings. The molecule has 2 rings (SSSR count). The Morgan fingerprint density at radius 3 is 2.80 bits per heavy atom. The number of anilines is 2. The Morgan fingerprint density at radius 1 is 1.44 bits per heavy atom. The number of rotatable bonds is 6. The van der Waals surface area contributed by atoms with Crippen molar-refractivity contribution in [3.8, 4) is 5.75 Å². The number of aromatic hydroxyl groups is 1. The van der Waals surface area contributed by atoms with Crippen LogP contribution in [0.3, 0.4) is 0 Å². The Morgan fingerprint density at radius 2 is 2.16 bits per heavy atom. The molecular weight excluding hydrogens is 366 g/mol. The SMILES string of the molecule is COCCN(C(C)=O)c1nc(C)c(C(=O)Nc2cc(Cl)ccc2O)s1. The van der Waals surface area contributed by atoms with Crippen LogP contribution in [0.5, 0.6) is 5.75 Å². The summed E-state index contributed by atoms with van der Waals surface area (Å²) in [5.74, 6) is -0.718. The van der Waals surface area contributed by atoms with Crippen LogP contribution in [-0.4, -0.2) is 42.2 Å². The van der Waals surface area contributed by atoms with Gasteiger partial charge in [-0.1, -0.05) is 22.9 Å². The summed E-state index contributed by atoms with van der Waals surface area (Å²) in [6, 6.07) is 4.36. The van der Waals surface area contributed by atoms with E-state index in [9.17, 15) is 14.7 Å². The summed E-state index contributed by atoms with van der Waals surface area (Å²) in [5.41, 5.74) is 0.692. The molecule has 0 aliphatic carbocycles. The molecule has 0 spiro atoms. The van der Waals surface area contributed by atoms with E-state index in [4.69, 9.17) is 16.3 Å². The Bertz CT molecular complexity index is 794. The van der Waals surface area contributed by atoms with Crippen molar-refractivity contribution in [2.75, 3.05) is 30.5 Å². The van der Waals surface area contributed by atoms with E-state index in [1.807, 2.05) is 0 Å². The first-order chi connectivity index (χ1) is 11.8. The minimum Gasteiger partial charge on any atom is -0.506 e. The third kappa shape index (κ3) is 4.68. The van der Waals surface area contributed by atoms with E-state index in [-0.39, 0.29) is 17.3 Å². The molecule has 0 saturated heterocycles. The zero-order valence-corrected chi connectivity index (χ0v) is 15.6. The van der Waals surface area contributed by atoms with E-state index in [1.54, 1.807) is 14.0 Å². The number of hydrogen-bond donors (Lipinski definition) is 2. The van der Waals surface area contributed by atoms with E-state index in [0.29, 0.717) is 33.9 Å². The maximum atomic E-state index is 12.5. The molecule has 9 heteroatoms. The quantitative estimate of drug-likeness (QED) is 0.748. The molecule has 0 radical (unpaired) electrons. The minimum atomic E-state index is -0.436. The minimum absolute atomic E-state index is 0.0920. The van der Waals surface area contributed by atoms with Crippen molar-refractivity contribution in [1.29, 1.82) is 0 Å². The number of halogens is 1. The summed E-state index contributed by atoms with van der Waals surface area (Å²) < 4.78 is 5.00. The molecule has 134 valence electrons. The van der Waals surface area contributed by atoms with Gasteiger partial charge in [0.1, 0.15) is 10.6 Å². The van der Waals surface area contributed by atoms with E-state index in [0.717, 1.165) is 11.3 Å². The van der Waals surface area contributed by atoms with Gasteiger partial charge in [0, 0.05) is 19.1 Å². The number of thiazole rings is 1. The molecular formula is C16H18ClN3O4S. The zero-order valence-electron chi connectivity index (χ0n) is 14.0. The van der Waals surface area contributed by atoms with Crippen LogP contribution in [-0.2, 0) is 9.53 Å². The van der Waals surface area contributed by atoms with Gasteiger partial charge in [0.25, 0.3) is 5.91 Å². The second-order valence-electron chi connectivity index (χ2n) is 5.19. The monoisotopic (exact) mass is 383 g/mol. The number of carbonyl (C=O) groups excluding carboxylic acids is 2. The summed E-state index contributed by atoms with van der Waals surface area (Å²) >= 11 is 6.97. The summed E-state index contributed by atoms with van der Waals surface area (Å²) in [6.07, 6.45) is 0. The van der Waals surface area contributed by atoms with Gasteiger partial charge in [-0.2, -0.15) is 0 Å². The van der Waals surface area contributed by atoms with Gasteiger partial charge in [-0.15, -0.1) is 0 Å². The van der Waals surface area contributed by atoms with Gasteiger partial charge in [-0.05, 0) is 25.1 Å². The van der Waals surface area contributed by atoms with Crippen molar-refractivity contribution in [3.05, 3.63) is 33.8 Å². The van der Waals surface area contributed by atoms with Gasteiger partial charge in [-0.3, -0.25) is 14.5 Å². The fourth-order valence-corrected chi connectivity index (χ4v) is 3.27. The topological polar surface area (TPSA) is 91.8 Å². The van der Waals surface area contributed by atoms with Crippen molar-refractivity contribution in [2.24, 2.45) is 0 Å². The number of nitrogens with one attached hydrogen (secondary N) is 1. The van der Waals surface area contributed by atoms with Crippen LogP contribution in [0.1, 0.15) is 22.3 Å². The van der Waals surface area contributed by atoms with Crippen LogP contribution in [0.25, 0.3) is 0 Å². The lowest BCUT2D eigenvalue weighted by molar-refractivity contribution is -0.116. The molecule has 1 heterocycles. The average Bonchev–Trinajstić information content (AvgIpc) is 2.92. The van der Waals surface area contributed by atoms with Crippen LogP contribution in [0.2, 0.25) is 5.02 Å². The van der Waals surface area contributed by atoms with Gasteiger partial charge >= 0.3 is 0 Å². The lowest BCUT2D eigenvalue weighted by Gasteiger charge is -2.16. The van der Waals surface area contributed by atoms with Crippen LogP contribution < -0.4 is 10.2 Å². The predicted octanol–water partition coefficient (Wildman–Crippen LogP) is 3.06. The number of phenols is 1. The van der Waals surface area contributed by atoms with E-state index < -0.39 is 5.91 Å². The van der Waals surface area contributed by atoms with Gasteiger partial charge in [-0.25, -0.2) is 4.98 Å². The molecule has 25 heavy (non-hydrogen) atoms. The number of hydrogen-bond acceptors (Lipinski definition) is 6. The van der Waals surface area contributed by atoms with Crippen molar-refractivity contribution < 1.29 is 19.4 Å². The summed E-state index contributed by atoms with van der Waals surface area (Å²) in [4.78, 5) is 30.4. The Labute approximate surface area is 154 Å². The van der Waals surface area contributed by atoms with Crippen molar-refractivity contribution in [1.82, 2.24) is 4.98 Å². The number of carbonyl (C=O) groups is 2. The molecule has 2 amide bonds. The first-order valence-electron chi connectivity index (χ1n) is 7.37. The second kappa shape index (κ2) is 8.28. The molecule has 0 unspecified atom stereocenters. The molecule has 0 aliphatic rings. The molecule has 2 aromatic rings. The molecule has 7 nitrogen and oxygen atoms in total. The number of methoxy groups -OCH3 is 1. The number of ether oxygens (including phenoxy) is 1. The number of aryl methyl sites for hydroxylation is 1. The van der Waals surface area contributed by atoms with E-state index in [1.165, 1.54) is 30.0 Å². The number of benzene rings is 1. The number of amides is 2. The van der Waals surface area contributed by atoms with Crippen LogP contribution >= 0.6 is 22.9 Å². The molecule has 1 aromatic heterocycles. The van der Waals surface area contributed by atoms with Crippen LogP contribution in [0.4, 0.5) is 10.8 Å². The highest BCUT2D eigenvalue weighted by molar-refractivity contribution is 7.17. The van der Waals surface area contributed by atoms with Crippen molar-refractivity contribution >= 4 is 45.6 Å². The van der Waals surface area contributed by atoms with Gasteiger partial charge in [0.05, 0.1) is 24.5 Å². The average molecular weight is 384 g/mol. The zero-order chi connectivity index (χ0) is 18.6. The maximum absolute atomic E-state index is 12.5. The standard InChI is InChI=1S/C16H18ClN3O4S/c1-9-14(15(23)19-12-8-11(17)4-5-13(12)22)25-16(18-9)20(10(2)21)6-7-24-3/h4-5,8,22H,6-7H2,1-3H3,(H,19,23). The molecule has 0 bridgehead atoms. The molecule has 0 atom stereocenters. The highest BCUT2D eigenvalue weighted by Gasteiger charge is 2.21. The lowest BCUT2D eigenvalue weighted by atomic mass is 10.3. The highest BCUT2D eigenvalue weighted by Crippen LogP contribution is 2.30. The van der Waals surface area contributed by atoms with Gasteiger partial charge in [0.2, 0.25) is 5.91 Å². The Balaban J connectivity index is 2.24. The van der Waals surface area contributed by atoms with E-state index in [2.05, 4.69) is 10.3 Å². The number of aromatic nitrogens is 1. The second-order valence-corrected chi connectivity index (χ2v) is 6.60. The molecule has 0 saturated carbocycles.